The zero-order valence-electron chi connectivity index (χ0n) is 11.0. The summed E-state index contributed by atoms with van der Waals surface area (Å²) in [6.07, 6.45) is 1.08. The van der Waals surface area contributed by atoms with E-state index < -0.39 is 0 Å². The second-order valence-corrected chi connectivity index (χ2v) is 5.35. The van der Waals surface area contributed by atoms with Gasteiger partial charge in [-0.2, -0.15) is 0 Å². The third-order valence-corrected chi connectivity index (χ3v) is 3.79. The highest BCUT2D eigenvalue weighted by Crippen LogP contribution is 2.17. The van der Waals surface area contributed by atoms with Gasteiger partial charge in [0.2, 0.25) is 0 Å². The van der Waals surface area contributed by atoms with Crippen molar-refractivity contribution >= 4 is 11.6 Å². The number of hydrogen-bond acceptors (Lipinski definition) is 3. The Morgan fingerprint density at radius 1 is 1.16 bits per heavy atom. The zero-order chi connectivity index (χ0) is 13.7. The molecular formula is C14H20ClFN2O. The molecule has 106 valence electrons. The molecule has 1 aromatic rings. The predicted octanol–water partition coefficient (Wildman–Crippen LogP) is 1.98. The van der Waals surface area contributed by atoms with Gasteiger partial charge >= 0.3 is 0 Å². The summed E-state index contributed by atoms with van der Waals surface area (Å²) in [7, 11) is 0. The molecule has 2 rings (SSSR count). The fourth-order valence-electron chi connectivity index (χ4n) is 2.44. The standard InChI is InChI=1S/C14H20ClFN2O/c15-13-3-2-12(10-14(13)16)11-18-5-1-4-17(6-7-18)8-9-19/h2-3,10,19H,1,4-9,11H2. The molecule has 0 unspecified atom stereocenters. The Morgan fingerprint density at radius 2 is 1.89 bits per heavy atom. The summed E-state index contributed by atoms with van der Waals surface area (Å²) in [5.41, 5.74) is 0.956. The zero-order valence-corrected chi connectivity index (χ0v) is 11.7. The monoisotopic (exact) mass is 286 g/mol. The second-order valence-electron chi connectivity index (χ2n) is 4.94. The molecule has 1 saturated heterocycles. The largest absolute Gasteiger partial charge is 0.395 e. The molecule has 0 atom stereocenters. The minimum Gasteiger partial charge on any atom is -0.395 e. The maximum Gasteiger partial charge on any atom is 0.142 e. The fourth-order valence-corrected chi connectivity index (χ4v) is 2.56. The van der Waals surface area contributed by atoms with E-state index in [0.29, 0.717) is 0 Å². The number of benzene rings is 1. The van der Waals surface area contributed by atoms with Crippen LogP contribution in [0.2, 0.25) is 5.02 Å². The van der Waals surface area contributed by atoms with E-state index >= 15 is 0 Å². The summed E-state index contributed by atoms with van der Waals surface area (Å²) in [4.78, 5) is 4.59. The van der Waals surface area contributed by atoms with Crippen LogP contribution in [-0.2, 0) is 6.54 Å². The first-order valence-corrected chi connectivity index (χ1v) is 7.06. The highest BCUT2D eigenvalue weighted by Gasteiger charge is 2.14. The van der Waals surface area contributed by atoms with Crippen molar-refractivity contribution in [3.8, 4) is 0 Å². The topological polar surface area (TPSA) is 26.7 Å². The maximum absolute atomic E-state index is 13.4. The molecule has 19 heavy (non-hydrogen) atoms. The van der Waals surface area contributed by atoms with Gasteiger partial charge in [-0.05, 0) is 37.2 Å². The van der Waals surface area contributed by atoms with Crippen LogP contribution in [0.5, 0.6) is 0 Å². The van der Waals surface area contributed by atoms with Crippen molar-refractivity contribution in [3.05, 3.63) is 34.6 Å². The van der Waals surface area contributed by atoms with Gasteiger partial charge in [-0.25, -0.2) is 4.39 Å². The molecule has 0 spiro atoms. The van der Waals surface area contributed by atoms with Crippen molar-refractivity contribution in [2.24, 2.45) is 0 Å². The number of aliphatic hydroxyl groups is 1. The third-order valence-electron chi connectivity index (χ3n) is 3.49. The minimum atomic E-state index is -0.351. The van der Waals surface area contributed by atoms with Gasteiger partial charge in [-0.3, -0.25) is 9.80 Å². The van der Waals surface area contributed by atoms with Gasteiger partial charge in [0.25, 0.3) is 0 Å². The van der Waals surface area contributed by atoms with E-state index in [1.807, 2.05) is 6.07 Å². The first-order valence-electron chi connectivity index (χ1n) is 6.68. The molecule has 1 fully saturated rings. The van der Waals surface area contributed by atoms with E-state index in [2.05, 4.69) is 9.80 Å². The van der Waals surface area contributed by atoms with Crippen molar-refractivity contribution in [1.82, 2.24) is 9.80 Å². The van der Waals surface area contributed by atoms with Crippen LogP contribution in [0, 0.1) is 5.82 Å². The molecule has 0 amide bonds. The van der Waals surface area contributed by atoms with Gasteiger partial charge in [0.15, 0.2) is 0 Å². The van der Waals surface area contributed by atoms with E-state index in [4.69, 9.17) is 16.7 Å². The quantitative estimate of drug-likeness (QED) is 0.917. The molecule has 1 aromatic carbocycles. The lowest BCUT2D eigenvalue weighted by molar-refractivity contribution is 0.196. The maximum atomic E-state index is 13.4. The van der Waals surface area contributed by atoms with Gasteiger partial charge in [0.1, 0.15) is 5.82 Å². The Bertz CT molecular complexity index is 416. The van der Waals surface area contributed by atoms with Crippen molar-refractivity contribution < 1.29 is 9.50 Å². The Morgan fingerprint density at radius 3 is 2.63 bits per heavy atom. The van der Waals surface area contributed by atoms with Gasteiger partial charge in [-0.15, -0.1) is 0 Å². The summed E-state index contributed by atoms with van der Waals surface area (Å²) < 4.78 is 13.4. The number of β-amino-alcohol motifs (C(OH)–C–C–N with tert-alkyl or cyclic N) is 1. The van der Waals surface area contributed by atoms with Gasteiger partial charge in [-0.1, -0.05) is 17.7 Å². The smallest absolute Gasteiger partial charge is 0.142 e. The predicted molar refractivity (Wildman–Crippen MR) is 74.8 cm³/mol. The molecule has 3 nitrogen and oxygen atoms in total. The summed E-state index contributed by atoms with van der Waals surface area (Å²) in [6, 6.07) is 5.00. The first kappa shape index (κ1) is 14.7. The van der Waals surface area contributed by atoms with Crippen LogP contribution in [0.15, 0.2) is 18.2 Å². The Balaban J connectivity index is 1.90. The summed E-state index contributed by atoms with van der Waals surface area (Å²) in [5.74, 6) is -0.351. The second kappa shape index (κ2) is 7.20. The molecule has 0 aromatic heterocycles. The van der Waals surface area contributed by atoms with Crippen LogP contribution < -0.4 is 0 Å². The number of nitrogens with zero attached hydrogens (tertiary/aromatic N) is 2. The molecule has 1 N–H and O–H groups in total. The van der Waals surface area contributed by atoms with Crippen molar-refractivity contribution in [1.29, 1.82) is 0 Å². The average molecular weight is 287 g/mol. The summed E-state index contributed by atoms with van der Waals surface area (Å²) in [6.45, 7) is 5.63. The summed E-state index contributed by atoms with van der Waals surface area (Å²) >= 11 is 5.68. The molecule has 0 bridgehead atoms. The fraction of sp³-hybridized carbons (Fsp3) is 0.571. The first-order chi connectivity index (χ1) is 9.19. The van der Waals surface area contributed by atoms with Crippen molar-refractivity contribution in [2.45, 2.75) is 13.0 Å². The number of rotatable bonds is 4. The van der Waals surface area contributed by atoms with E-state index in [1.54, 1.807) is 6.07 Å². The number of hydrogen-bond donors (Lipinski definition) is 1. The van der Waals surface area contributed by atoms with Gasteiger partial charge < -0.3 is 5.11 Å². The third kappa shape index (κ3) is 4.42. The van der Waals surface area contributed by atoms with E-state index in [-0.39, 0.29) is 17.4 Å². The van der Waals surface area contributed by atoms with E-state index in [1.165, 1.54) is 6.07 Å². The molecule has 0 saturated carbocycles. The minimum absolute atomic E-state index is 0.175. The lowest BCUT2D eigenvalue weighted by Crippen LogP contribution is -2.32. The highest BCUT2D eigenvalue weighted by atomic mass is 35.5. The summed E-state index contributed by atoms with van der Waals surface area (Å²) in [5, 5.41) is 9.13. The Kier molecular flexibility index (Phi) is 5.58. The number of aliphatic hydroxyl groups excluding tert-OH is 1. The van der Waals surface area contributed by atoms with Gasteiger partial charge in [0, 0.05) is 26.2 Å². The van der Waals surface area contributed by atoms with Crippen LogP contribution >= 0.6 is 11.6 Å². The molecule has 0 aliphatic carbocycles. The lowest BCUT2D eigenvalue weighted by Gasteiger charge is -2.21. The van der Waals surface area contributed by atoms with Crippen LogP contribution in [0.3, 0.4) is 0 Å². The molecule has 1 aliphatic rings. The Labute approximate surface area is 118 Å². The highest BCUT2D eigenvalue weighted by molar-refractivity contribution is 6.30. The number of halogens is 2. The molecule has 1 heterocycles. The van der Waals surface area contributed by atoms with E-state index in [0.717, 1.165) is 51.3 Å². The van der Waals surface area contributed by atoms with Crippen LogP contribution in [0.25, 0.3) is 0 Å². The van der Waals surface area contributed by atoms with Crippen molar-refractivity contribution in [2.75, 3.05) is 39.3 Å². The van der Waals surface area contributed by atoms with Crippen molar-refractivity contribution in [3.63, 3.8) is 0 Å². The van der Waals surface area contributed by atoms with Crippen LogP contribution in [0.4, 0.5) is 4.39 Å². The SMILES string of the molecule is OCCN1CCCN(Cc2ccc(Cl)c(F)c2)CC1. The molecule has 0 radical (unpaired) electrons. The molecule has 5 heteroatoms. The Hall–Kier alpha value is -0.680. The molecular weight excluding hydrogens is 267 g/mol. The lowest BCUT2D eigenvalue weighted by atomic mass is 10.2. The average Bonchev–Trinajstić information content (AvgIpc) is 2.60. The van der Waals surface area contributed by atoms with E-state index in [9.17, 15) is 4.39 Å². The van der Waals surface area contributed by atoms with Crippen LogP contribution in [-0.4, -0.2) is 54.2 Å². The molecule has 1 aliphatic heterocycles. The van der Waals surface area contributed by atoms with Crippen LogP contribution in [0.1, 0.15) is 12.0 Å². The van der Waals surface area contributed by atoms with Gasteiger partial charge in [0.05, 0.1) is 11.6 Å². The normalized spacial score (nSPS) is 18.5.